The number of aldehydes is 1. The van der Waals surface area contributed by atoms with Crippen molar-refractivity contribution in [2.45, 2.75) is 26.4 Å². The first-order valence-electron chi connectivity index (χ1n) is 6.97. The van der Waals surface area contributed by atoms with Gasteiger partial charge in [-0.2, -0.15) is 0 Å². The van der Waals surface area contributed by atoms with Gasteiger partial charge in [-0.15, -0.1) is 11.3 Å². The highest BCUT2D eigenvalue weighted by Gasteiger charge is 2.32. The van der Waals surface area contributed by atoms with Crippen molar-refractivity contribution in [2.75, 3.05) is 6.61 Å². The van der Waals surface area contributed by atoms with Crippen molar-refractivity contribution in [2.24, 2.45) is 0 Å². The van der Waals surface area contributed by atoms with E-state index in [1.807, 2.05) is 23.6 Å². The molecule has 5 heteroatoms. The Morgan fingerprint density at radius 2 is 2.09 bits per heavy atom. The summed E-state index contributed by atoms with van der Waals surface area (Å²) in [5.41, 5.74) is 0.194. The van der Waals surface area contributed by atoms with Crippen molar-refractivity contribution in [1.29, 1.82) is 0 Å². The molecule has 0 radical (unpaired) electrons. The average molecular weight is 318 g/mol. The number of hydrogen-bond donors (Lipinski definition) is 0. The number of hydrogen-bond acceptors (Lipinski definition) is 5. The number of carbonyl (C=O) groups is 2. The van der Waals surface area contributed by atoms with Gasteiger partial charge in [0.2, 0.25) is 0 Å². The molecular formula is C17H18O4S. The summed E-state index contributed by atoms with van der Waals surface area (Å²) >= 11 is 1.59. The predicted molar refractivity (Wildman–Crippen MR) is 86.5 cm³/mol. The second-order valence-corrected chi connectivity index (χ2v) is 6.13. The Bertz CT molecular complexity index is 659. The molecule has 0 aliphatic carbocycles. The van der Waals surface area contributed by atoms with E-state index in [1.54, 1.807) is 44.2 Å². The van der Waals surface area contributed by atoms with Gasteiger partial charge in [0.05, 0.1) is 12.2 Å². The molecule has 0 saturated heterocycles. The minimum Gasteiger partial charge on any atom is -0.475 e. The Morgan fingerprint density at radius 1 is 1.32 bits per heavy atom. The third kappa shape index (κ3) is 3.54. The number of esters is 1. The maximum Gasteiger partial charge on any atom is 0.349 e. The monoisotopic (exact) mass is 318 g/mol. The third-order valence-electron chi connectivity index (χ3n) is 3.07. The smallest absolute Gasteiger partial charge is 0.349 e. The van der Waals surface area contributed by atoms with Crippen LogP contribution in [0.1, 0.15) is 31.1 Å². The summed E-state index contributed by atoms with van der Waals surface area (Å²) in [5, 5.41) is 1.98. The zero-order valence-corrected chi connectivity index (χ0v) is 13.6. The van der Waals surface area contributed by atoms with Gasteiger partial charge in [0.15, 0.2) is 11.9 Å². The lowest BCUT2D eigenvalue weighted by Gasteiger charge is -2.25. The molecule has 0 N–H and O–H groups in total. The summed E-state index contributed by atoms with van der Waals surface area (Å²) in [4.78, 5) is 24.3. The molecule has 0 amide bonds. The van der Waals surface area contributed by atoms with Crippen molar-refractivity contribution >= 4 is 23.6 Å². The number of rotatable bonds is 6. The number of thiophene rings is 1. The van der Waals surface area contributed by atoms with E-state index in [1.165, 1.54) is 0 Å². The largest absolute Gasteiger partial charge is 0.475 e. The normalized spacial score (nSPS) is 11.0. The maximum atomic E-state index is 11.9. The van der Waals surface area contributed by atoms with E-state index in [-0.39, 0.29) is 6.61 Å². The van der Waals surface area contributed by atoms with Gasteiger partial charge >= 0.3 is 5.97 Å². The quantitative estimate of drug-likeness (QED) is 0.598. The lowest BCUT2D eigenvalue weighted by Crippen LogP contribution is -2.40. The molecule has 0 saturated carbocycles. The molecule has 116 valence electrons. The molecule has 0 spiro atoms. The third-order valence-corrected chi connectivity index (χ3v) is 3.99. The van der Waals surface area contributed by atoms with Crippen LogP contribution in [0.4, 0.5) is 0 Å². The molecular weight excluding hydrogens is 300 g/mol. The van der Waals surface area contributed by atoms with Crippen molar-refractivity contribution in [3.8, 4) is 16.2 Å². The highest BCUT2D eigenvalue weighted by Crippen LogP contribution is 2.30. The molecule has 0 aliphatic heterocycles. The van der Waals surface area contributed by atoms with Crippen LogP contribution in [0.5, 0.6) is 5.75 Å². The summed E-state index contributed by atoms with van der Waals surface area (Å²) in [5.74, 6) is -0.0949. The van der Waals surface area contributed by atoms with Gasteiger partial charge in [0.25, 0.3) is 0 Å². The maximum absolute atomic E-state index is 11.9. The van der Waals surface area contributed by atoms with Crippen molar-refractivity contribution in [3.63, 3.8) is 0 Å². The number of ether oxygens (including phenoxy) is 2. The van der Waals surface area contributed by atoms with Crippen molar-refractivity contribution < 1.29 is 19.1 Å². The van der Waals surface area contributed by atoms with Crippen LogP contribution in [-0.2, 0) is 9.53 Å². The molecule has 1 aromatic carbocycles. The van der Waals surface area contributed by atoms with Gasteiger partial charge in [-0.05, 0) is 56.0 Å². The second kappa shape index (κ2) is 6.75. The Labute approximate surface area is 133 Å². The highest BCUT2D eigenvalue weighted by molar-refractivity contribution is 7.13. The van der Waals surface area contributed by atoms with E-state index in [0.717, 1.165) is 16.7 Å². The molecule has 1 aromatic heterocycles. The summed E-state index contributed by atoms with van der Waals surface area (Å²) in [6.45, 7) is 5.25. The average Bonchev–Trinajstić information content (AvgIpc) is 3.02. The Balaban J connectivity index is 2.28. The molecule has 0 bridgehead atoms. The van der Waals surface area contributed by atoms with Crippen LogP contribution in [0, 0.1) is 0 Å². The lowest BCUT2D eigenvalue weighted by molar-refractivity contribution is -0.158. The fourth-order valence-corrected chi connectivity index (χ4v) is 2.67. The molecule has 2 aromatic rings. The van der Waals surface area contributed by atoms with Crippen molar-refractivity contribution in [1.82, 2.24) is 0 Å². The highest BCUT2D eigenvalue weighted by atomic mass is 32.1. The molecule has 0 aliphatic rings. The van der Waals surface area contributed by atoms with Crippen LogP contribution in [0.3, 0.4) is 0 Å². The zero-order chi connectivity index (χ0) is 16.2. The first kappa shape index (κ1) is 16.2. The summed E-state index contributed by atoms with van der Waals surface area (Å²) in [7, 11) is 0. The van der Waals surface area contributed by atoms with E-state index in [4.69, 9.17) is 9.47 Å². The molecule has 2 rings (SSSR count). The molecule has 22 heavy (non-hydrogen) atoms. The molecule has 1 heterocycles. The SMILES string of the molecule is CCOC(=O)C(C)(C)Oc1ccc(-c2cccs2)cc1C=O. The molecule has 0 fully saturated rings. The predicted octanol–water partition coefficient (Wildman–Crippen LogP) is 3.95. The molecule has 0 atom stereocenters. The standard InChI is InChI=1S/C17H18O4S/c1-4-20-16(19)17(2,3)21-14-8-7-12(10-13(14)11-18)15-6-5-9-22-15/h5-11H,4H2,1-3H3. The Hall–Kier alpha value is -2.14. The van der Waals surface area contributed by atoms with Crippen LogP contribution in [0.2, 0.25) is 0 Å². The van der Waals surface area contributed by atoms with Gasteiger partial charge in [-0.3, -0.25) is 4.79 Å². The van der Waals surface area contributed by atoms with E-state index in [9.17, 15) is 9.59 Å². The van der Waals surface area contributed by atoms with E-state index in [0.29, 0.717) is 11.3 Å². The van der Waals surface area contributed by atoms with Crippen LogP contribution in [-0.4, -0.2) is 24.5 Å². The van der Waals surface area contributed by atoms with E-state index < -0.39 is 11.6 Å². The minimum absolute atomic E-state index is 0.281. The first-order chi connectivity index (χ1) is 10.5. The van der Waals surface area contributed by atoms with E-state index >= 15 is 0 Å². The topological polar surface area (TPSA) is 52.6 Å². The van der Waals surface area contributed by atoms with Gasteiger partial charge in [-0.1, -0.05) is 6.07 Å². The number of benzene rings is 1. The summed E-state index contributed by atoms with van der Waals surface area (Å²) in [6, 6.07) is 9.27. The van der Waals surface area contributed by atoms with Crippen LogP contribution in [0.15, 0.2) is 35.7 Å². The van der Waals surface area contributed by atoms with Crippen LogP contribution in [0.25, 0.3) is 10.4 Å². The summed E-state index contributed by atoms with van der Waals surface area (Å²) < 4.78 is 10.7. The molecule has 0 unspecified atom stereocenters. The summed E-state index contributed by atoms with van der Waals surface area (Å²) in [6.07, 6.45) is 0.730. The minimum atomic E-state index is -1.15. The Kier molecular flexibility index (Phi) is 4.98. The Morgan fingerprint density at radius 3 is 2.68 bits per heavy atom. The van der Waals surface area contributed by atoms with Gasteiger partial charge in [0, 0.05) is 4.88 Å². The first-order valence-corrected chi connectivity index (χ1v) is 7.85. The van der Waals surface area contributed by atoms with Gasteiger partial charge in [-0.25, -0.2) is 4.79 Å². The van der Waals surface area contributed by atoms with Crippen LogP contribution >= 0.6 is 11.3 Å². The van der Waals surface area contributed by atoms with Gasteiger partial charge in [0.1, 0.15) is 5.75 Å². The van der Waals surface area contributed by atoms with Crippen molar-refractivity contribution in [3.05, 3.63) is 41.3 Å². The fraction of sp³-hybridized carbons (Fsp3) is 0.294. The van der Waals surface area contributed by atoms with Crippen LogP contribution < -0.4 is 4.74 Å². The zero-order valence-electron chi connectivity index (χ0n) is 12.8. The lowest BCUT2D eigenvalue weighted by atomic mass is 10.1. The molecule has 4 nitrogen and oxygen atoms in total. The fourth-order valence-electron chi connectivity index (χ4n) is 1.95. The number of carbonyl (C=O) groups excluding carboxylic acids is 2. The second-order valence-electron chi connectivity index (χ2n) is 5.18. The van der Waals surface area contributed by atoms with Gasteiger partial charge < -0.3 is 9.47 Å². The van der Waals surface area contributed by atoms with E-state index in [2.05, 4.69) is 0 Å².